The smallest absolute Gasteiger partial charge is 0.194 e. The van der Waals surface area contributed by atoms with Crippen molar-refractivity contribution in [1.82, 2.24) is 10.2 Å². The number of fused-ring (bicyclic) bond motifs is 1. The van der Waals surface area contributed by atoms with E-state index >= 15 is 0 Å². The molecule has 1 saturated heterocycles. The number of benzene rings is 1. The van der Waals surface area contributed by atoms with E-state index in [0.29, 0.717) is 19.8 Å². The molecule has 0 spiro atoms. The van der Waals surface area contributed by atoms with Crippen molar-refractivity contribution in [2.75, 3.05) is 40.5 Å². The van der Waals surface area contributed by atoms with E-state index in [0.717, 1.165) is 35.8 Å². The Hall–Kier alpha value is -2.05. The van der Waals surface area contributed by atoms with Crippen LogP contribution < -0.4 is 5.32 Å². The molecule has 6 heteroatoms. The summed E-state index contributed by atoms with van der Waals surface area (Å²) in [4.78, 5) is 6.60. The number of methoxy groups -OCH3 is 1. The number of aliphatic imine (C=N–C) groups is 1. The lowest BCUT2D eigenvalue weighted by Crippen LogP contribution is -2.51. The quantitative estimate of drug-likeness (QED) is 0.687. The van der Waals surface area contributed by atoms with Gasteiger partial charge in [-0.05, 0) is 13.0 Å². The summed E-state index contributed by atoms with van der Waals surface area (Å²) in [5.41, 5.74) is 2.10. The predicted octanol–water partition coefficient (Wildman–Crippen LogP) is 2.16. The first kappa shape index (κ1) is 16.8. The van der Waals surface area contributed by atoms with Crippen molar-refractivity contribution in [3.05, 3.63) is 35.6 Å². The van der Waals surface area contributed by atoms with Gasteiger partial charge in [-0.15, -0.1) is 0 Å². The van der Waals surface area contributed by atoms with Crippen LogP contribution in [-0.2, 0) is 16.0 Å². The molecule has 2 heterocycles. The molecule has 1 aromatic carbocycles. The molecule has 2 aromatic rings. The van der Waals surface area contributed by atoms with Crippen molar-refractivity contribution in [2.45, 2.75) is 19.6 Å². The fraction of sp³-hybridized carbons (Fsp3) is 0.500. The lowest BCUT2D eigenvalue weighted by atomic mass is 10.1. The Labute approximate surface area is 142 Å². The highest BCUT2D eigenvalue weighted by molar-refractivity contribution is 5.83. The van der Waals surface area contributed by atoms with Gasteiger partial charge in [0.25, 0.3) is 0 Å². The Kier molecular flexibility index (Phi) is 5.37. The van der Waals surface area contributed by atoms with Crippen molar-refractivity contribution >= 4 is 16.9 Å². The number of para-hydroxylation sites is 1. The van der Waals surface area contributed by atoms with E-state index in [2.05, 4.69) is 28.2 Å². The van der Waals surface area contributed by atoms with Gasteiger partial charge in [-0.1, -0.05) is 18.2 Å². The molecule has 1 aliphatic heterocycles. The highest BCUT2D eigenvalue weighted by Gasteiger charge is 2.23. The van der Waals surface area contributed by atoms with Crippen LogP contribution >= 0.6 is 0 Å². The molecule has 0 amide bonds. The van der Waals surface area contributed by atoms with E-state index in [1.807, 2.05) is 18.2 Å². The van der Waals surface area contributed by atoms with Crippen LogP contribution in [0.5, 0.6) is 0 Å². The molecule has 1 atom stereocenters. The number of guanidine groups is 1. The molecule has 130 valence electrons. The molecule has 1 N–H and O–H groups in total. The third-order valence-electron chi connectivity index (χ3n) is 4.35. The molecule has 0 bridgehead atoms. The average molecular weight is 331 g/mol. The van der Waals surface area contributed by atoms with Crippen LogP contribution in [0.4, 0.5) is 0 Å². The first-order valence-corrected chi connectivity index (χ1v) is 8.26. The van der Waals surface area contributed by atoms with Gasteiger partial charge in [0.2, 0.25) is 0 Å². The van der Waals surface area contributed by atoms with Crippen LogP contribution in [-0.4, -0.2) is 57.4 Å². The molecule has 0 radical (unpaired) electrons. The second-order valence-corrected chi connectivity index (χ2v) is 5.94. The molecule has 1 fully saturated rings. The molecular formula is C18H25N3O3. The number of aryl methyl sites for hydroxylation is 1. The van der Waals surface area contributed by atoms with Crippen molar-refractivity contribution in [3.63, 3.8) is 0 Å². The van der Waals surface area contributed by atoms with E-state index in [-0.39, 0.29) is 6.10 Å². The highest BCUT2D eigenvalue weighted by Crippen LogP contribution is 2.24. The predicted molar refractivity (Wildman–Crippen MR) is 94.3 cm³/mol. The minimum Gasteiger partial charge on any atom is -0.459 e. The molecule has 1 aliphatic rings. The van der Waals surface area contributed by atoms with E-state index < -0.39 is 0 Å². The van der Waals surface area contributed by atoms with Crippen LogP contribution in [0.25, 0.3) is 11.0 Å². The number of hydrogen-bond donors (Lipinski definition) is 1. The van der Waals surface area contributed by atoms with Crippen molar-refractivity contribution < 1.29 is 13.9 Å². The first-order chi connectivity index (χ1) is 11.7. The van der Waals surface area contributed by atoms with Crippen molar-refractivity contribution in [2.24, 2.45) is 4.99 Å². The van der Waals surface area contributed by atoms with E-state index in [4.69, 9.17) is 13.9 Å². The number of rotatable bonds is 4. The third kappa shape index (κ3) is 3.55. The molecule has 0 saturated carbocycles. The molecular weight excluding hydrogens is 306 g/mol. The first-order valence-electron chi connectivity index (χ1n) is 8.26. The molecule has 24 heavy (non-hydrogen) atoms. The van der Waals surface area contributed by atoms with Crippen molar-refractivity contribution in [3.8, 4) is 0 Å². The monoisotopic (exact) mass is 331 g/mol. The maximum atomic E-state index is 5.96. The second kappa shape index (κ2) is 7.68. The zero-order valence-corrected chi connectivity index (χ0v) is 14.5. The number of furan rings is 1. The lowest BCUT2D eigenvalue weighted by Gasteiger charge is -2.34. The van der Waals surface area contributed by atoms with Gasteiger partial charge < -0.3 is 24.1 Å². The standard InChI is InChI=1S/C18H25N3O3/c1-13-15-6-4-5-7-16(15)24-17(13)10-20-18(19-2)21-8-9-23-14(11-21)12-22-3/h4-7,14H,8-12H2,1-3H3,(H,19,20). The Morgan fingerprint density at radius 3 is 3.00 bits per heavy atom. The summed E-state index contributed by atoms with van der Waals surface area (Å²) < 4.78 is 16.9. The topological polar surface area (TPSA) is 59.2 Å². The van der Waals surface area contributed by atoms with Gasteiger partial charge in [-0.25, -0.2) is 0 Å². The second-order valence-electron chi connectivity index (χ2n) is 5.94. The summed E-state index contributed by atoms with van der Waals surface area (Å²) in [6.07, 6.45) is 0.0789. The summed E-state index contributed by atoms with van der Waals surface area (Å²) in [7, 11) is 3.49. The molecule has 3 rings (SSSR count). The van der Waals surface area contributed by atoms with Crippen LogP contribution in [0.3, 0.4) is 0 Å². The summed E-state index contributed by atoms with van der Waals surface area (Å²) in [6.45, 7) is 5.56. The van der Waals surface area contributed by atoms with E-state index in [1.54, 1.807) is 14.2 Å². The summed E-state index contributed by atoms with van der Waals surface area (Å²) in [6, 6.07) is 8.11. The van der Waals surface area contributed by atoms with Crippen LogP contribution in [0, 0.1) is 6.92 Å². The normalized spacial score (nSPS) is 19.0. The number of nitrogens with zero attached hydrogens (tertiary/aromatic N) is 2. The average Bonchev–Trinajstić information content (AvgIpc) is 2.93. The number of morpholine rings is 1. The van der Waals surface area contributed by atoms with Gasteiger partial charge in [0, 0.05) is 38.2 Å². The summed E-state index contributed by atoms with van der Waals surface area (Å²) >= 11 is 0. The Morgan fingerprint density at radius 1 is 1.42 bits per heavy atom. The van der Waals surface area contributed by atoms with Crippen LogP contribution in [0.15, 0.2) is 33.7 Å². The van der Waals surface area contributed by atoms with Gasteiger partial charge in [-0.3, -0.25) is 4.99 Å². The van der Waals surface area contributed by atoms with Gasteiger partial charge in [0.05, 0.1) is 25.9 Å². The van der Waals surface area contributed by atoms with Gasteiger partial charge in [0.15, 0.2) is 5.96 Å². The van der Waals surface area contributed by atoms with Gasteiger partial charge >= 0.3 is 0 Å². The van der Waals surface area contributed by atoms with Gasteiger partial charge in [-0.2, -0.15) is 0 Å². The summed E-state index contributed by atoms with van der Waals surface area (Å²) in [5, 5.41) is 4.57. The fourth-order valence-electron chi connectivity index (χ4n) is 3.08. The number of hydrogen-bond acceptors (Lipinski definition) is 4. The van der Waals surface area contributed by atoms with Crippen molar-refractivity contribution in [1.29, 1.82) is 0 Å². The Balaban J connectivity index is 1.66. The lowest BCUT2D eigenvalue weighted by molar-refractivity contribution is -0.0447. The van der Waals surface area contributed by atoms with E-state index in [1.165, 1.54) is 5.56 Å². The highest BCUT2D eigenvalue weighted by atomic mass is 16.5. The fourth-order valence-corrected chi connectivity index (χ4v) is 3.08. The maximum Gasteiger partial charge on any atom is 0.194 e. The minimum atomic E-state index is 0.0789. The Bertz CT molecular complexity index is 709. The molecule has 1 unspecified atom stereocenters. The summed E-state index contributed by atoms with van der Waals surface area (Å²) in [5.74, 6) is 1.80. The number of ether oxygens (including phenoxy) is 2. The zero-order chi connectivity index (χ0) is 16.9. The largest absolute Gasteiger partial charge is 0.459 e. The number of nitrogens with one attached hydrogen (secondary N) is 1. The van der Waals surface area contributed by atoms with Crippen LogP contribution in [0.2, 0.25) is 0 Å². The SMILES string of the molecule is CN=C(NCc1oc2ccccc2c1C)N1CCOC(COC)C1. The minimum absolute atomic E-state index is 0.0789. The van der Waals surface area contributed by atoms with E-state index in [9.17, 15) is 0 Å². The van der Waals surface area contributed by atoms with Crippen LogP contribution in [0.1, 0.15) is 11.3 Å². The molecule has 6 nitrogen and oxygen atoms in total. The zero-order valence-electron chi connectivity index (χ0n) is 14.5. The third-order valence-corrected chi connectivity index (χ3v) is 4.35. The Morgan fingerprint density at radius 2 is 2.25 bits per heavy atom. The molecule has 0 aliphatic carbocycles. The molecule has 1 aromatic heterocycles. The maximum absolute atomic E-state index is 5.96. The van der Waals surface area contributed by atoms with Gasteiger partial charge in [0.1, 0.15) is 11.3 Å².